The Hall–Kier alpha value is -3.36. The molecule has 1 aliphatic rings. The number of fused-ring (bicyclic) bond motifs is 3. The van der Waals surface area contributed by atoms with E-state index < -0.39 is 0 Å². The van der Waals surface area contributed by atoms with Gasteiger partial charge in [-0.15, -0.1) is 0 Å². The van der Waals surface area contributed by atoms with Crippen molar-refractivity contribution >= 4 is 33.7 Å². The number of likely N-dealkylation sites (tertiary alicyclic amines) is 1. The van der Waals surface area contributed by atoms with Crippen LogP contribution in [0.1, 0.15) is 43.7 Å². The lowest BCUT2D eigenvalue weighted by Crippen LogP contribution is -2.40. The largest absolute Gasteiger partial charge is 0.496 e. The van der Waals surface area contributed by atoms with Crippen LogP contribution in [0.15, 0.2) is 42.5 Å². The fourth-order valence-corrected chi connectivity index (χ4v) is 5.33. The maximum Gasteiger partial charge on any atom is 0.222 e. The third-order valence-corrected chi connectivity index (χ3v) is 7.43. The van der Waals surface area contributed by atoms with Gasteiger partial charge in [0, 0.05) is 30.1 Å². The van der Waals surface area contributed by atoms with Gasteiger partial charge < -0.3 is 30.6 Å². The minimum absolute atomic E-state index is 0.286. The summed E-state index contributed by atoms with van der Waals surface area (Å²) in [6, 6.07) is 15.4. The van der Waals surface area contributed by atoms with E-state index in [0.717, 1.165) is 78.1 Å². The number of methoxy groups -OCH3 is 1. The van der Waals surface area contributed by atoms with Crippen LogP contribution >= 0.6 is 0 Å². The van der Waals surface area contributed by atoms with E-state index in [0.29, 0.717) is 12.6 Å². The molecule has 0 amide bonds. The highest BCUT2D eigenvalue weighted by Crippen LogP contribution is 2.34. The molecule has 4 N–H and O–H groups in total. The standard InChI is InChI=1S/C29H39N7O/c1-4-5-14-31-28-27-26(33-29(30)34-28)23-8-6-7-9-24(23)36(27)19-21-17-20(10-11-25(21)37-3)18-32-22-12-15-35(2)16-13-22/h6-11,17,22,32H,4-5,12-16,18-19H2,1-3H3,(H3,30,31,33,34). The molecule has 37 heavy (non-hydrogen) atoms. The highest BCUT2D eigenvalue weighted by Gasteiger charge is 2.20. The lowest BCUT2D eigenvalue weighted by molar-refractivity contribution is 0.234. The molecule has 4 aromatic rings. The number of piperidine rings is 1. The Bertz CT molecular complexity index is 1360. The average Bonchev–Trinajstić information content (AvgIpc) is 3.22. The molecule has 0 bridgehead atoms. The van der Waals surface area contributed by atoms with Crippen molar-refractivity contribution in [2.45, 2.75) is 51.7 Å². The number of nitrogen functional groups attached to an aromatic ring is 1. The number of unbranched alkanes of at least 4 members (excludes halogenated alkanes) is 1. The number of ether oxygens (including phenoxy) is 1. The first-order chi connectivity index (χ1) is 18.1. The van der Waals surface area contributed by atoms with Gasteiger partial charge in [-0.25, -0.2) is 4.98 Å². The maximum absolute atomic E-state index is 6.15. The summed E-state index contributed by atoms with van der Waals surface area (Å²) < 4.78 is 8.10. The molecule has 1 aliphatic heterocycles. The number of benzene rings is 2. The number of anilines is 2. The van der Waals surface area contributed by atoms with Gasteiger partial charge in [0.15, 0.2) is 5.82 Å². The number of rotatable bonds is 10. The molecule has 0 aliphatic carbocycles. The maximum atomic E-state index is 6.15. The van der Waals surface area contributed by atoms with Crippen LogP contribution in [0.5, 0.6) is 5.75 Å². The zero-order chi connectivity index (χ0) is 25.8. The van der Waals surface area contributed by atoms with Gasteiger partial charge in [-0.2, -0.15) is 4.98 Å². The fraction of sp³-hybridized carbons (Fsp3) is 0.448. The van der Waals surface area contributed by atoms with Gasteiger partial charge in [0.1, 0.15) is 16.8 Å². The van der Waals surface area contributed by atoms with E-state index in [1.165, 1.54) is 18.4 Å². The summed E-state index contributed by atoms with van der Waals surface area (Å²) >= 11 is 0. The SMILES string of the molecule is CCCCNc1nc(N)nc2c3ccccc3n(Cc3cc(CNC4CCN(C)CC4)ccc3OC)c12. The van der Waals surface area contributed by atoms with Crippen molar-refractivity contribution in [3.63, 3.8) is 0 Å². The zero-order valence-corrected chi connectivity index (χ0v) is 22.3. The van der Waals surface area contributed by atoms with Crippen molar-refractivity contribution in [3.05, 3.63) is 53.6 Å². The topological polar surface area (TPSA) is 93.3 Å². The van der Waals surface area contributed by atoms with Crippen molar-refractivity contribution in [3.8, 4) is 5.75 Å². The molecular weight excluding hydrogens is 462 g/mol. The summed E-state index contributed by atoms with van der Waals surface area (Å²) in [4.78, 5) is 11.7. The van der Waals surface area contributed by atoms with E-state index >= 15 is 0 Å². The number of nitrogens with two attached hydrogens (primary N) is 1. The number of nitrogens with zero attached hydrogens (tertiary/aromatic N) is 4. The van der Waals surface area contributed by atoms with Crippen LogP contribution in [0.4, 0.5) is 11.8 Å². The summed E-state index contributed by atoms with van der Waals surface area (Å²) in [5.74, 6) is 1.95. The third kappa shape index (κ3) is 5.50. The Morgan fingerprint density at radius 3 is 2.70 bits per heavy atom. The molecule has 0 spiro atoms. The van der Waals surface area contributed by atoms with Crippen LogP contribution in [0.2, 0.25) is 0 Å². The monoisotopic (exact) mass is 501 g/mol. The predicted molar refractivity (Wildman–Crippen MR) is 152 cm³/mol. The Morgan fingerprint density at radius 1 is 1.11 bits per heavy atom. The summed E-state index contributed by atoms with van der Waals surface area (Å²) in [5, 5.41) is 8.36. The molecule has 196 valence electrons. The Labute approximate surface area is 219 Å². The number of hydrogen-bond acceptors (Lipinski definition) is 7. The van der Waals surface area contributed by atoms with Crippen LogP contribution < -0.4 is 21.1 Å². The molecule has 0 radical (unpaired) electrons. The van der Waals surface area contributed by atoms with E-state index in [9.17, 15) is 0 Å². The van der Waals surface area contributed by atoms with E-state index in [2.05, 4.69) is 80.4 Å². The second-order valence-corrected chi connectivity index (χ2v) is 10.1. The number of aromatic nitrogens is 3. The molecule has 8 heteroatoms. The van der Waals surface area contributed by atoms with Crippen LogP contribution in [-0.4, -0.2) is 59.3 Å². The first kappa shape index (κ1) is 25.3. The van der Waals surface area contributed by atoms with E-state index in [-0.39, 0.29) is 5.95 Å². The molecule has 1 fully saturated rings. The van der Waals surface area contributed by atoms with Crippen LogP contribution in [0, 0.1) is 0 Å². The molecular formula is C29H39N7O. The molecule has 0 saturated carbocycles. The lowest BCUT2D eigenvalue weighted by Gasteiger charge is -2.29. The average molecular weight is 502 g/mol. The van der Waals surface area contributed by atoms with E-state index in [1.54, 1.807) is 7.11 Å². The normalized spacial score (nSPS) is 15.0. The molecule has 8 nitrogen and oxygen atoms in total. The van der Waals surface area contributed by atoms with Crippen molar-refractivity contribution in [2.75, 3.05) is 44.8 Å². The molecule has 2 aromatic heterocycles. The smallest absolute Gasteiger partial charge is 0.222 e. The Balaban J connectivity index is 1.50. The predicted octanol–water partition coefficient (Wildman–Crippen LogP) is 4.62. The third-order valence-electron chi connectivity index (χ3n) is 7.43. The van der Waals surface area contributed by atoms with Crippen molar-refractivity contribution in [2.24, 2.45) is 0 Å². The quantitative estimate of drug-likeness (QED) is 0.273. The summed E-state index contributed by atoms with van der Waals surface area (Å²) in [6.45, 7) is 6.82. The Kier molecular flexibility index (Phi) is 7.76. The van der Waals surface area contributed by atoms with Crippen molar-refractivity contribution < 1.29 is 4.74 Å². The van der Waals surface area contributed by atoms with Gasteiger partial charge in [0.25, 0.3) is 0 Å². The summed E-state index contributed by atoms with van der Waals surface area (Å²) in [7, 11) is 3.94. The second kappa shape index (κ2) is 11.4. The van der Waals surface area contributed by atoms with E-state index in [1.807, 2.05) is 6.07 Å². The molecule has 2 aromatic carbocycles. The summed E-state index contributed by atoms with van der Waals surface area (Å²) in [6.07, 6.45) is 4.55. The lowest BCUT2D eigenvalue weighted by atomic mass is 10.0. The Morgan fingerprint density at radius 2 is 1.92 bits per heavy atom. The van der Waals surface area contributed by atoms with Gasteiger partial charge >= 0.3 is 0 Å². The van der Waals surface area contributed by atoms with E-state index in [4.69, 9.17) is 10.5 Å². The van der Waals surface area contributed by atoms with Gasteiger partial charge in [-0.05, 0) is 63.2 Å². The van der Waals surface area contributed by atoms with Gasteiger partial charge in [-0.3, -0.25) is 0 Å². The number of nitrogens with one attached hydrogen (secondary N) is 2. The molecule has 1 saturated heterocycles. The minimum Gasteiger partial charge on any atom is -0.496 e. The summed E-state index contributed by atoms with van der Waals surface area (Å²) in [5.41, 5.74) is 11.5. The fourth-order valence-electron chi connectivity index (χ4n) is 5.33. The van der Waals surface area contributed by atoms with Gasteiger partial charge in [0.2, 0.25) is 5.95 Å². The first-order valence-electron chi connectivity index (χ1n) is 13.4. The zero-order valence-electron chi connectivity index (χ0n) is 22.3. The van der Waals surface area contributed by atoms with Crippen molar-refractivity contribution in [1.29, 1.82) is 0 Å². The molecule has 3 heterocycles. The van der Waals surface area contributed by atoms with Crippen molar-refractivity contribution in [1.82, 2.24) is 24.8 Å². The second-order valence-electron chi connectivity index (χ2n) is 10.1. The molecule has 0 atom stereocenters. The number of para-hydroxylation sites is 1. The molecule has 5 rings (SSSR count). The van der Waals surface area contributed by atoms with Crippen LogP contribution in [0.25, 0.3) is 21.9 Å². The highest BCUT2D eigenvalue weighted by atomic mass is 16.5. The molecule has 0 unspecified atom stereocenters. The van der Waals surface area contributed by atoms with Crippen LogP contribution in [0.3, 0.4) is 0 Å². The number of hydrogen-bond donors (Lipinski definition) is 3. The minimum atomic E-state index is 0.286. The van der Waals surface area contributed by atoms with Gasteiger partial charge in [0.05, 0.1) is 19.2 Å². The first-order valence-corrected chi connectivity index (χ1v) is 13.4. The van der Waals surface area contributed by atoms with Gasteiger partial charge in [-0.1, -0.05) is 37.6 Å². The van der Waals surface area contributed by atoms with Crippen LogP contribution in [-0.2, 0) is 13.1 Å². The highest BCUT2D eigenvalue weighted by molar-refractivity contribution is 6.09.